The third-order valence-electron chi connectivity index (χ3n) is 6.85. The van der Waals surface area contributed by atoms with E-state index in [0.29, 0.717) is 6.04 Å². The molecule has 0 radical (unpaired) electrons. The SMILES string of the molecule is CC(=O)N(C)C1CCN(c2nc(/C=C/c3ccccc3)nc3sc4c(c23)CCCC4)CC1. The Morgan fingerprint density at radius 1 is 1.09 bits per heavy atom. The molecule has 32 heavy (non-hydrogen) atoms. The van der Waals surface area contributed by atoms with Crippen molar-refractivity contribution in [3.05, 3.63) is 52.2 Å². The molecule has 2 aromatic heterocycles. The highest BCUT2D eigenvalue weighted by Crippen LogP contribution is 2.40. The molecule has 0 atom stereocenters. The number of hydrogen-bond acceptors (Lipinski definition) is 5. The Labute approximate surface area is 193 Å². The molecule has 0 unspecified atom stereocenters. The van der Waals surface area contributed by atoms with Crippen molar-refractivity contribution >= 4 is 45.4 Å². The lowest BCUT2D eigenvalue weighted by molar-refractivity contribution is -0.129. The van der Waals surface area contributed by atoms with Gasteiger partial charge >= 0.3 is 0 Å². The van der Waals surface area contributed by atoms with Gasteiger partial charge in [-0.2, -0.15) is 0 Å². The second kappa shape index (κ2) is 9.02. The fraction of sp³-hybridized carbons (Fsp3) is 0.423. The predicted molar refractivity (Wildman–Crippen MR) is 133 cm³/mol. The summed E-state index contributed by atoms with van der Waals surface area (Å²) in [6.07, 6.45) is 10.9. The maximum absolute atomic E-state index is 11.8. The van der Waals surface area contributed by atoms with Crippen molar-refractivity contribution < 1.29 is 4.79 Å². The minimum atomic E-state index is 0.146. The molecular formula is C26H30N4OS. The van der Waals surface area contributed by atoms with Crippen molar-refractivity contribution in [1.29, 1.82) is 0 Å². The van der Waals surface area contributed by atoms with Gasteiger partial charge in [0.05, 0.1) is 5.39 Å². The third kappa shape index (κ3) is 4.16. The van der Waals surface area contributed by atoms with Crippen LogP contribution in [0.3, 0.4) is 0 Å². The van der Waals surface area contributed by atoms with Gasteiger partial charge in [-0.25, -0.2) is 9.97 Å². The van der Waals surface area contributed by atoms with E-state index >= 15 is 0 Å². The molecule has 0 N–H and O–H groups in total. The number of amides is 1. The standard InChI is InChI=1S/C26H30N4OS/c1-18(31)29(2)20-14-16-30(17-15-20)25-24-21-10-6-7-11-22(21)32-26(24)28-23(27-25)13-12-19-8-4-3-5-9-19/h3-5,8-9,12-13,20H,6-7,10-11,14-17H2,1-2H3/b13-12+. The van der Waals surface area contributed by atoms with Gasteiger partial charge in [0, 0.05) is 38.0 Å². The summed E-state index contributed by atoms with van der Waals surface area (Å²) in [6, 6.07) is 10.6. The molecule has 3 aromatic rings. The van der Waals surface area contributed by atoms with E-state index in [9.17, 15) is 4.79 Å². The van der Waals surface area contributed by atoms with Crippen molar-refractivity contribution in [3.63, 3.8) is 0 Å². The van der Waals surface area contributed by atoms with Crippen LogP contribution >= 0.6 is 11.3 Å². The Balaban J connectivity index is 1.50. The average Bonchev–Trinajstić information content (AvgIpc) is 3.21. The Morgan fingerprint density at radius 3 is 2.59 bits per heavy atom. The summed E-state index contributed by atoms with van der Waals surface area (Å²) in [4.78, 5) is 28.8. The largest absolute Gasteiger partial charge is 0.356 e. The topological polar surface area (TPSA) is 49.3 Å². The number of benzene rings is 1. The summed E-state index contributed by atoms with van der Waals surface area (Å²) in [5, 5.41) is 1.28. The number of carbonyl (C=O) groups excluding carboxylic acids is 1. The Hall–Kier alpha value is -2.73. The van der Waals surface area contributed by atoms with Crippen LogP contribution in [0.15, 0.2) is 30.3 Å². The van der Waals surface area contributed by atoms with Crippen LogP contribution in [-0.4, -0.2) is 47.0 Å². The molecule has 1 saturated heterocycles. The van der Waals surface area contributed by atoms with E-state index in [2.05, 4.69) is 23.1 Å². The van der Waals surface area contributed by atoms with Crippen LogP contribution in [0.1, 0.15) is 54.4 Å². The van der Waals surface area contributed by atoms with Crippen LogP contribution in [0.5, 0.6) is 0 Å². The van der Waals surface area contributed by atoms with E-state index in [1.54, 1.807) is 6.92 Å². The van der Waals surface area contributed by atoms with Crippen molar-refractivity contribution in [2.75, 3.05) is 25.0 Å². The number of carbonyl (C=O) groups is 1. The number of piperidine rings is 1. The second-order valence-corrected chi connectivity index (χ2v) is 9.97. The molecule has 5 nitrogen and oxygen atoms in total. The van der Waals surface area contributed by atoms with Crippen molar-refractivity contribution in [2.45, 2.75) is 51.5 Å². The summed E-state index contributed by atoms with van der Waals surface area (Å²) < 4.78 is 0. The molecule has 0 saturated carbocycles. The lowest BCUT2D eigenvalue weighted by Crippen LogP contribution is -2.45. The zero-order valence-corrected chi connectivity index (χ0v) is 19.7. The Bertz CT molecular complexity index is 1150. The van der Waals surface area contributed by atoms with Crippen molar-refractivity contribution in [2.24, 2.45) is 0 Å². The van der Waals surface area contributed by atoms with E-state index in [4.69, 9.17) is 9.97 Å². The number of aryl methyl sites for hydroxylation is 2. The minimum absolute atomic E-state index is 0.146. The summed E-state index contributed by atoms with van der Waals surface area (Å²) in [6.45, 7) is 3.49. The normalized spacial score (nSPS) is 17.1. The molecule has 2 aliphatic rings. The molecule has 1 fully saturated rings. The first-order valence-corrected chi connectivity index (χ1v) is 12.5. The maximum Gasteiger partial charge on any atom is 0.219 e. The van der Waals surface area contributed by atoms with Crippen LogP contribution in [0.4, 0.5) is 5.82 Å². The monoisotopic (exact) mass is 446 g/mol. The predicted octanol–water partition coefficient (Wildman–Crippen LogP) is 5.19. The van der Waals surface area contributed by atoms with Crippen molar-refractivity contribution in [3.8, 4) is 0 Å². The summed E-state index contributed by atoms with van der Waals surface area (Å²) in [5.41, 5.74) is 2.63. The van der Waals surface area contributed by atoms with Gasteiger partial charge in [0.25, 0.3) is 0 Å². The molecule has 3 heterocycles. The van der Waals surface area contributed by atoms with E-state index in [1.165, 1.54) is 28.7 Å². The van der Waals surface area contributed by atoms with E-state index in [1.807, 2.05) is 47.6 Å². The molecule has 1 amide bonds. The number of thiophene rings is 1. The van der Waals surface area contributed by atoms with Gasteiger partial charge in [0.15, 0.2) is 5.82 Å². The molecule has 1 aliphatic carbocycles. The Morgan fingerprint density at radius 2 is 1.84 bits per heavy atom. The maximum atomic E-state index is 11.8. The highest BCUT2D eigenvalue weighted by atomic mass is 32.1. The van der Waals surface area contributed by atoms with Crippen LogP contribution in [0, 0.1) is 0 Å². The summed E-state index contributed by atoms with van der Waals surface area (Å²) in [7, 11) is 1.92. The summed E-state index contributed by atoms with van der Waals surface area (Å²) >= 11 is 1.86. The average molecular weight is 447 g/mol. The van der Waals surface area contributed by atoms with Crippen molar-refractivity contribution in [1.82, 2.24) is 14.9 Å². The molecule has 0 bridgehead atoms. The quantitative estimate of drug-likeness (QED) is 0.554. The number of nitrogens with zero attached hydrogens (tertiary/aromatic N) is 4. The van der Waals surface area contributed by atoms with Crippen LogP contribution < -0.4 is 4.90 Å². The Kier molecular flexibility index (Phi) is 5.96. The van der Waals surface area contributed by atoms with Crippen LogP contribution in [-0.2, 0) is 17.6 Å². The number of hydrogen-bond donors (Lipinski definition) is 0. The molecular weight excluding hydrogens is 416 g/mol. The smallest absolute Gasteiger partial charge is 0.219 e. The number of rotatable bonds is 4. The van der Waals surface area contributed by atoms with E-state index in [-0.39, 0.29) is 5.91 Å². The van der Waals surface area contributed by atoms with Gasteiger partial charge in [-0.1, -0.05) is 36.4 Å². The molecule has 166 valence electrons. The highest BCUT2D eigenvalue weighted by molar-refractivity contribution is 7.19. The highest BCUT2D eigenvalue weighted by Gasteiger charge is 2.28. The number of fused-ring (bicyclic) bond motifs is 3. The van der Waals surface area contributed by atoms with Gasteiger partial charge in [0.1, 0.15) is 10.6 Å². The van der Waals surface area contributed by atoms with E-state index < -0.39 is 0 Å². The summed E-state index contributed by atoms with van der Waals surface area (Å²) in [5.74, 6) is 2.01. The first kappa shape index (κ1) is 21.1. The van der Waals surface area contributed by atoms with Crippen LogP contribution in [0.2, 0.25) is 0 Å². The molecule has 1 aliphatic heterocycles. The van der Waals surface area contributed by atoms with Gasteiger partial charge in [-0.05, 0) is 55.7 Å². The zero-order chi connectivity index (χ0) is 22.1. The van der Waals surface area contributed by atoms with Gasteiger partial charge in [-0.15, -0.1) is 11.3 Å². The van der Waals surface area contributed by atoms with Crippen LogP contribution in [0.25, 0.3) is 22.4 Å². The molecule has 6 heteroatoms. The fourth-order valence-electron chi connectivity index (χ4n) is 4.91. The van der Waals surface area contributed by atoms with Gasteiger partial charge < -0.3 is 9.80 Å². The third-order valence-corrected chi connectivity index (χ3v) is 8.03. The molecule has 0 spiro atoms. The lowest BCUT2D eigenvalue weighted by Gasteiger charge is -2.37. The van der Waals surface area contributed by atoms with E-state index in [0.717, 1.165) is 60.8 Å². The first-order chi connectivity index (χ1) is 15.6. The first-order valence-electron chi connectivity index (χ1n) is 11.6. The molecule has 5 rings (SSSR count). The number of aromatic nitrogens is 2. The number of anilines is 1. The second-order valence-electron chi connectivity index (χ2n) is 8.89. The molecule has 1 aromatic carbocycles. The zero-order valence-electron chi connectivity index (χ0n) is 18.9. The fourth-order valence-corrected chi connectivity index (χ4v) is 6.18. The van der Waals surface area contributed by atoms with Gasteiger partial charge in [0.2, 0.25) is 5.91 Å². The minimum Gasteiger partial charge on any atom is -0.356 e. The van der Waals surface area contributed by atoms with Gasteiger partial charge in [-0.3, -0.25) is 4.79 Å². The lowest BCUT2D eigenvalue weighted by atomic mass is 9.96.